The van der Waals surface area contributed by atoms with Crippen LogP contribution in [0.5, 0.6) is 0 Å². The molecule has 1 nitrogen and oxygen atoms in total. The molecule has 0 amide bonds. The molecule has 1 atom stereocenters. The molecule has 3 heteroatoms. The van der Waals surface area contributed by atoms with Crippen LogP contribution in [-0.4, -0.2) is 5.11 Å². The topological polar surface area (TPSA) is 20.2 Å². The van der Waals surface area contributed by atoms with Gasteiger partial charge in [0, 0.05) is 6.07 Å². The van der Waals surface area contributed by atoms with Crippen molar-refractivity contribution >= 4 is 0 Å². The zero-order valence-corrected chi connectivity index (χ0v) is 13.3. The lowest BCUT2D eigenvalue weighted by molar-refractivity contribution is 0.0441. The van der Waals surface area contributed by atoms with Gasteiger partial charge in [0.15, 0.2) is 0 Å². The maximum Gasteiger partial charge on any atom is 0.126 e. The summed E-state index contributed by atoms with van der Waals surface area (Å²) in [5.74, 6) is -1.28. The summed E-state index contributed by atoms with van der Waals surface area (Å²) < 4.78 is 26.4. The maximum absolute atomic E-state index is 13.2. The Bertz CT molecular complexity index is 395. The van der Waals surface area contributed by atoms with Gasteiger partial charge < -0.3 is 5.11 Å². The molecule has 1 unspecified atom stereocenters. The van der Waals surface area contributed by atoms with Gasteiger partial charge in [-0.3, -0.25) is 0 Å². The van der Waals surface area contributed by atoms with E-state index in [1.54, 1.807) is 6.92 Å². The van der Waals surface area contributed by atoms with Gasteiger partial charge in [0.05, 0.1) is 5.60 Å². The van der Waals surface area contributed by atoms with Crippen molar-refractivity contribution in [3.8, 4) is 0 Å². The second kappa shape index (κ2) is 9.14. The number of aliphatic hydroxyl groups is 1. The summed E-state index contributed by atoms with van der Waals surface area (Å²) in [5.41, 5.74) is -0.839. The highest BCUT2D eigenvalue weighted by atomic mass is 19.1. The number of halogens is 2. The van der Waals surface area contributed by atoms with E-state index in [0.717, 1.165) is 25.3 Å². The smallest absolute Gasteiger partial charge is 0.126 e. The molecule has 0 aromatic heterocycles. The van der Waals surface area contributed by atoms with E-state index >= 15 is 0 Å². The van der Waals surface area contributed by atoms with Crippen molar-refractivity contribution in [3.05, 3.63) is 35.4 Å². The minimum absolute atomic E-state index is 0.322. The van der Waals surface area contributed by atoms with Gasteiger partial charge in [-0.25, -0.2) is 8.78 Å². The molecule has 1 aromatic rings. The van der Waals surface area contributed by atoms with E-state index in [4.69, 9.17) is 0 Å². The van der Waals surface area contributed by atoms with Crippen LogP contribution in [0.3, 0.4) is 0 Å². The Labute approximate surface area is 127 Å². The van der Waals surface area contributed by atoms with Gasteiger partial charge >= 0.3 is 0 Å². The third kappa shape index (κ3) is 7.03. The van der Waals surface area contributed by atoms with Crippen LogP contribution in [0.15, 0.2) is 18.2 Å². The fraction of sp³-hybridized carbons (Fsp3) is 0.667. The first-order valence-electron chi connectivity index (χ1n) is 8.14. The molecule has 1 aromatic carbocycles. The zero-order chi connectivity index (χ0) is 15.7. The molecule has 0 saturated carbocycles. The standard InChI is InChI=1S/C18H28F2O/c1-3-4-5-6-7-8-9-10-11-18(2,21)15-12-16(19)14-17(20)13-15/h12-14,21H,3-11H2,1-2H3. The third-order valence-corrected chi connectivity index (χ3v) is 4.00. The SMILES string of the molecule is CCCCCCCCCCC(C)(O)c1cc(F)cc(F)c1. The van der Waals surface area contributed by atoms with Gasteiger partial charge in [-0.2, -0.15) is 0 Å². The maximum atomic E-state index is 13.2. The monoisotopic (exact) mass is 298 g/mol. The van der Waals surface area contributed by atoms with Crippen molar-refractivity contribution in [2.45, 2.75) is 77.2 Å². The molecule has 0 aliphatic carbocycles. The Hall–Kier alpha value is -0.960. The molecule has 0 bridgehead atoms. The quantitative estimate of drug-likeness (QED) is 0.549. The molecular weight excluding hydrogens is 270 g/mol. The van der Waals surface area contributed by atoms with Crippen molar-refractivity contribution in [1.82, 2.24) is 0 Å². The summed E-state index contributed by atoms with van der Waals surface area (Å²) in [7, 11) is 0. The molecule has 21 heavy (non-hydrogen) atoms. The van der Waals surface area contributed by atoms with Gasteiger partial charge in [-0.1, -0.05) is 58.3 Å². The van der Waals surface area contributed by atoms with Crippen LogP contribution in [0.1, 0.15) is 77.2 Å². The highest BCUT2D eigenvalue weighted by Crippen LogP contribution is 2.28. The number of hydrogen-bond donors (Lipinski definition) is 1. The van der Waals surface area contributed by atoms with Crippen LogP contribution in [0, 0.1) is 11.6 Å². The first-order valence-corrected chi connectivity index (χ1v) is 8.14. The van der Waals surface area contributed by atoms with E-state index in [2.05, 4.69) is 6.92 Å². The summed E-state index contributed by atoms with van der Waals surface area (Å²) in [4.78, 5) is 0. The Morgan fingerprint density at radius 2 is 1.33 bits per heavy atom. The van der Waals surface area contributed by atoms with Crippen molar-refractivity contribution < 1.29 is 13.9 Å². The molecular formula is C18H28F2O. The number of rotatable bonds is 10. The van der Waals surface area contributed by atoms with Crippen LogP contribution in [-0.2, 0) is 5.60 Å². The second-order valence-corrected chi connectivity index (χ2v) is 6.16. The van der Waals surface area contributed by atoms with Crippen LogP contribution in [0.25, 0.3) is 0 Å². The molecule has 0 saturated heterocycles. The zero-order valence-electron chi connectivity index (χ0n) is 13.3. The van der Waals surface area contributed by atoms with Crippen molar-refractivity contribution in [2.75, 3.05) is 0 Å². The summed E-state index contributed by atoms with van der Waals surface area (Å²) in [5, 5.41) is 10.4. The molecule has 0 spiro atoms. The Morgan fingerprint density at radius 1 is 0.857 bits per heavy atom. The molecule has 0 radical (unpaired) electrons. The normalized spacial score (nSPS) is 14.1. The van der Waals surface area contributed by atoms with Gasteiger partial charge in [0.25, 0.3) is 0 Å². The Morgan fingerprint density at radius 3 is 1.86 bits per heavy atom. The number of hydrogen-bond acceptors (Lipinski definition) is 1. The summed E-state index contributed by atoms with van der Waals surface area (Å²) >= 11 is 0. The van der Waals surface area contributed by atoms with Crippen LogP contribution >= 0.6 is 0 Å². The molecule has 1 N–H and O–H groups in total. The number of benzene rings is 1. The van der Waals surface area contributed by atoms with Crippen LogP contribution < -0.4 is 0 Å². The van der Waals surface area contributed by atoms with Gasteiger partial charge in [0.2, 0.25) is 0 Å². The lowest BCUT2D eigenvalue weighted by atomic mass is 9.90. The second-order valence-electron chi connectivity index (χ2n) is 6.16. The third-order valence-electron chi connectivity index (χ3n) is 4.00. The highest BCUT2D eigenvalue weighted by Gasteiger charge is 2.23. The molecule has 0 aliphatic rings. The van der Waals surface area contributed by atoms with Gasteiger partial charge in [-0.05, 0) is 31.0 Å². The molecule has 0 aliphatic heterocycles. The molecule has 1 rings (SSSR count). The average molecular weight is 298 g/mol. The number of unbranched alkanes of at least 4 members (excludes halogenated alkanes) is 7. The van der Waals surface area contributed by atoms with E-state index in [1.165, 1.54) is 44.2 Å². The fourth-order valence-electron chi connectivity index (χ4n) is 2.61. The summed E-state index contributed by atoms with van der Waals surface area (Å²) in [6.45, 7) is 3.83. The van der Waals surface area contributed by atoms with E-state index < -0.39 is 17.2 Å². The largest absolute Gasteiger partial charge is 0.385 e. The van der Waals surface area contributed by atoms with E-state index in [0.29, 0.717) is 12.0 Å². The minimum Gasteiger partial charge on any atom is -0.385 e. The van der Waals surface area contributed by atoms with E-state index in [1.807, 2.05) is 0 Å². The molecule has 0 heterocycles. The average Bonchev–Trinajstić information content (AvgIpc) is 2.40. The summed E-state index contributed by atoms with van der Waals surface area (Å²) in [6.07, 6.45) is 10.0. The lowest BCUT2D eigenvalue weighted by Crippen LogP contribution is -2.21. The van der Waals surface area contributed by atoms with E-state index in [9.17, 15) is 13.9 Å². The predicted molar refractivity (Wildman–Crippen MR) is 83.2 cm³/mol. The van der Waals surface area contributed by atoms with E-state index in [-0.39, 0.29) is 0 Å². The van der Waals surface area contributed by atoms with Crippen molar-refractivity contribution in [1.29, 1.82) is 0 Å². The van der Waals surface area contributed by atoms with Crippen LogP contribution in [0.4, 0.5) is 8.78 Å². The first kappa shape index (κ1) is 18.1. The first-order chi connectivity index (χ1) is 9.95. The molecule has 0 fully saturated rings. The Kier molecular flexibility index (Phi) is 7.87. The minimum atomic E-state index is -1.16. The highest BCUT2D eigenvalue weighted by molar-refractivity contribution is 5.23. The van der Waals surface area contributed by atoms with Crippen molar-refractivity contribution in [2.24, 2.45) is 0 Å². The summed E-state index contributed by atoms with van der Waals surface area (Å²) in [6, 6.07) is 3.26. The lowest BCUT2D eigenvalue weighted by Gasteiger charge is -2.24. The van der Waals surface area contributed by atoms with Gasteiger partial charge in [0.1, 0.15) is 11.6 Å². The van der Waals surface area contributed by atoms with Crippen LogP contribution in [0.2, 0.25) is 0 Å². The van der Waals surface area contributed by atoms with Gasteiger partial charge in [-0.15, -0.1) is 0 Å². The molecule has 120 valence electrons. The fourth-order valence-corrected chi connectivity index (χ4v) is 2.61. The van der Waals surface area contributed by atoms with Crippen molar-refractivity contribution in [3.63, 3.8) is 0 Å². The Balaban J connectivity index is 2.29. The predicted octanol–water partition coefficient (Wildman–Crippen LogP) is 5.70.